The first-order valence-electron chi connectivity index (χ1n) is 10.6. The molecule has 2 aliphatic rings. The molecule has 1 aliphatic heterocycles. The number of nitrogens with zero attached hydrogens (tertiary/aromatic N) is 1. The molecule has 1 saturated heterocycles. The number of hydrogen-bond donors (Lipinski definition) is 0. The van der Waals surface area contributed by atoms with E-state index in [4.69, 9.17) is 32.3 Å². The summed E-state index contributed by atoms with van der Waals surface area (Å²) in [6, 6.07) is 0. The Bertz CT molecular complexity index is 759. The van der Waals surface area contributed by atoms with E-state index in [0.29, 0.717) is 39.1 Å². The van der Waals surface area contributed by atoms with Crippen molar-refractivity contribution in [3.63, 3.8) is 0 Å². The van der Waals surface area contributed by atoms with E-state index < -0.39 is 20.8 Å². The number of quaternary nitrogens is 1. The topological polar surface area (TPSA) is 135 Å². The first-order chi connectivity index (χ1) is 16.8. The monoisotopic (exact) mass is 567 g/mol. The molecule has 14 heteroatoms. The number of hydrogen-bond acceptors (Lipinski definition) is 3. The first kappa shape index (κ1) is 41.9. The Morgan fingerprint density at radius 2 is 1.47 bits per heavy atom. The molecule has 0 unspecified atom stereocenters. The van der Waals surface area contributed by atoms with Gasteiger partial charge in [0, 0.05) is 0 Å². The summed E-state index contributed by atoms with van der Waals surface area (Å²) < 4.78 is 78.6. The van der Waals surface area contributed by atoms with Crippen LogP contribution >= 0.6 is 0 Å². The van der Waals surface area contributed by atoms with Gasteiger partial charge >= 0.3 is 222 Å². The number of carbonyl (C=O) groups excluding carboxylic acids is 1. The molecule has 0 radical (unpaired) electrons. The van der Waals surface area contributed by atoms with E-state index in [2.05, 4.69) is 68.7 Å². The predicted octanol–water partition coefficient (Wildman–Crippen LogP) is 3.19. The Labute approximate surface area is 221 Å². The van der Waals surface area contributed by atoms with Gasteiger partial charge in [-0.15, -0.1) is 0 Å². The van der Waals surface area contributed by atoms with Crippen LogP contribution in [0.25, 0.3) is 0 Å². The summed E-state index contributed by atoms with van der Waals surface area (Å²) in [5, 5.41) is 0. The zero-order chi connectivity index (χ0) is 30.0. The quantitative estimate of drug-likeness (QED) is 0.287. The van der Waals surface area contributed by atoms with Gasteiger partial charge in [0.15, 0.2) is 0 Å². The molecule has 1 saturated carbocycles. The van der Waals surface area contributed by atoms with Gasteiger partial charge in [0.25, 0.3) is 0 Å². The molecular weight excluding hydrogens is 535 g/mol. The molecule has 2 rings (SSSR count). The van der Waals surface area contributed by atoms with Gasteiger partial charge in [-0.25, -0.2) is 0 Å². The zero-order valence-corrected chi connectivity index (χ0v) is 23.6. The van der Waals surface area contributed by atoms with E-state index in [1.807, 2.05) is 6.92 Å². The minimum absolute atomic E-state index is 0.144. The number of halogens is 2. The van der Waals surface area contributed by atoms with E-state index in [-0.39, 0.29) is 26.6 Å². The van der Waals surface area contributed by atoms with Crippen molar-refractivity contribution in [2.45, 2.75) is 53.3 Å². The second kappa shape index (κ2) is 19.8. The van der Waals surface area contributed by atoms with Crippen molar-refractivity contribution in [1.29, 1.82) is 0 Å². The Morgan fingerprint density at radius 3 is 1.83 bits per heavy atom. The Kier molecular flexibility index (Phi) is 23.1. The van der Waals surface area contributed by atoms with E-state index >= 15 is 0 Å². The summed E-state index contributed by atoms with van der Waals surface area (Å²) in [4.78, 5) is 12.4. The Balaban J connectivity index is -0.000000456. The Morgan fingerprint density at radius 1 is 1.06 bits per heavy atom. The molecule has 0 aromatic heterocycles. The van der Waals surface area contributed by atoms with E-state index in [1.54, 1.807) is 13.8 Å². The van der Waals surface area contributed by atoms with Crippen molar-refractivity contribution in [2.75, 3.05) is 26.2 Å². The fourth-order valence-electron chi connectivity index (χ4n) is 4.52. The molecular formula is C22H32BCrF2NO8Si. The molecule has 0 bridgehead atoms. The van der Waals surface area contributed by atoms with Crippen molar-refractivity contribution in [1.82, 2.24) is 0 Å². The maximum absolute atomic E-state index is 14.9. The van der Waals surface area contributed by atoms with Gasteiger partial charge in [-0.2, -0.15) is 0 Å². The number of rotatable bonds is 5. The Hall–Kier alpha value is -1.21. The molecule has 1 heterocycles. The summed E-state index contributed by atoms with van der Waals surface area (Å²) in [6.07, 6.45) is 0.954. The SMILES string of the molecule is CC[N+]1(CC)C[C@@]2(CCC(=O)[C@@H](C)[C@@H]2CO[Si](C)(C)C)[C](=[Cr])O[B-]1(F)F.[C-]#[O+].[C-]#[O+].[C-]#[O+].[C-]#[O+].[C-]#[O+]. The van der Waals surface area contributed by atoms with Gasteiger partial charge in [-0.3, -0.25) is 0 Å². The van der Waals surface area contributed by atoms with E-state index in [9.17, 15) is 13.4 Å². The average molecular weight is 567 g/mol. The fourth-order valence-corrected chi connectivity index (χ4v) is 5.88. The van der Waals surface area contributed by atoms with Crippen molar-refractivity contribution in [2.24, 2.45) is 17.3 Å². The van der Waals surface area contributed by atoms with Gasteiger partial charge < -0.3 is 0 Å². The predicted molar refractivity (Wildman–Crippen MR) is 119 cm³/mol. The van der Waals surface area contributed by atoms with Crippen LogP contribution < -0.4 is 0 Å². The third-order valence-corrected chi connectivity index (χ3v) is 8.30. The standard InChI is InChI=1S/C17H32BF2NO3Si.5CO.Cr/c1-7-21(8-2)12-17(13-23-18(21,19)20)10-9-16(22)14(3)15(17)11-24-25(4,5)6;5*1-2;/h14-15H,7-12H2,1-6H3;;;;;;/t14-,15-,17-;;;;;;/m0....../s1. The molecule has 0 N–H and O–H groups in total. The fraction of sp³-hybridized carbons (Fsp3) is 0.682. The molecule has 36 heavy (non-hydrogen) atoms. The molecule has 1 aliphatic carbocycles. The summed E-state index contributed by atoms with van der Waals surface area (Å²) in [5.74, 6) is -0.169. The van der Waals surface area contributed by atoms with Crippen molar-refractivity contribution in [3.8, 4) is 0 Å². The van der Waals surface area contributed by atoms with Gasteiger partial charge in [0.05, 0.1) is 0 Å². The zero-order valence-electron chi connectivity index (χ0n) is 21.4. The van der Waals surface area contributed by atoms with Crippen LogP contribution in [-0.4, -0.2) is 56.3 Å². The maximum atomic E-state index is 14.9. The van der Waals surface area contributed by atoms with Crippen molar-refractivity contribution in [3.05, 3.63) is 33.3 Å². The third-order valence-electron chi connectivity index (χ3n) is 6.48. The second-order valence-corrected chi connectivity index (χ2v) is 14.0. The van der Waals surface area contributed by atoms with Crippen LogP contribution in [0.1, 0.15) is 33.6 Å². The number of carbonyl (C=O) groups is 1. The van der Waals surface area contributed by atoms with Crippen molar-refractivity contribution >= 4 is 25.7 Å². The molecule has 0 aromatic rings. The molecule has 200 valence electrons. The van der Waals surface area contributed by atoms with Crippen molar-refractivity contribution < 1.29 is 66.0 Å². The normalized spacial score (nSPS) is 25.1. The van der Waals surface area contributed by atoms with Gasteiger partial charge in [0.2, 0.25) is 0 Å². The molecule has 0 amide bonds. The van der Waals surface area contributed by atoms with Gasteiger partial charge in [-0.05, 0) is 0 Å². The molecule has 2 fully saturated rings. The van der Waals surface area contributed by atoms with Gasteiger partial charge in [-0.1, -0.05) is 0 Å². The van der Waals surface area contributed by atoms with E-state index in [0.717, 1.165) is 0 Å². The van der Waals surface area contributed by atoms with Crippen LogP contribution in [0.3, 0.4) is 0 Å². The minimum atomic E-state index is -4.01. The summed E-state index contributed by atoms with van der Waals surface area (Å²) in [5.41, 5.74) is -0.581. The molecule has 9 nitrogen and oxygen atoms in total. The van der Waals surface area contributed by atoms with E-state index in [1.165, 1.54) is 0 Å². The number of Topliss-reactive ketones (excluding diaryl/α,β-unsaturated/α-hetero) is 1. The molecule has 0 aromatic carbocycles. The summed E-state index contributed by atoms with van der Waals surface area (Å²) in [6.45, 7) is 35.7. The summed E-state index contributed by atoms with van der Waals surface area (Å²) >= 11 is 2.81. The first-order valence-corrected chi connectivity index (χ1v) is 14.7. The van der Waals surface area contributed by atoms with Crippen LogP contribution in [0, 0.1) is 50.5 Å². The van der Waals surface area contributed by atoms with Crippen LogP contribution in [-0.2, 0) is 53.0 Å². The van der Waals surface area contributed by atoms with Gasteiger partial charge in [0.1, 0.15) is 0 Å². The number of ketones is 1. The second-order valence-electron chi connectivity index (χ2n) is 8.92. The van der Waals surface area contributed by atoms with Crippen LogP contribution in [0.4, 0.5) is 8.63 Å². The summed E-state index contributed by atoms with van der Waals surface area (Å²) in [7, 11) is -5.80. The average Bonchev–Trinajstić information content (AvgIpc) is 2.88. The third kappa shape index (κ3) is 10.3. The van der Waals surface area contributed by atoms with Crippen LogP contribution in [0.2, 0.25) is 19.6 Å². The molecule has 3 atom stereocenters. The van der Waals surface area contributed by atoms with Crippen LogP contribution in [0.15, 0.2) is 0 Å². The van der Waals surface area contributed by atoms with Crippen LogP contribution in [0.5, 0.6) is 0 Å². The molecule has 1 spiro atoms.